The van der Waals surface area contributed by atoms with Crippen molar-refractivity contribution in [1.29, 1.82) is 0 Å². The van der Waals surface area contributed by atoms with Crippen LogP contribution in [0.25, 0.3) is 11.8 Å². The minimum absolute atomic E-state index is 0.0277. The number of halogens is 2. The van der Waals surface area contributed by atoms with Gasteiger partial charge in [-0.2, -0.15) is 0 Å². The Morgan fingerprint density at radius 2 is 1.91 bits per heavy atom. The Kier molecular flexibility index (Phi) is 6.47. The van der Waals surface area contributed by atoms with Crippen molar-refractivity contribution in [1.82, 2.24) is 9.47 Å². The van der Waals surface area contributed by atoms with Gasteiger partial charge < -0.3 is 4.57 Å². The quantitative estimate of drug-likeness (QED) is 0.203. The highest BCUT2D eigenvalue weighted by molar-refractivity contribution is 9.10. The lowest BCUT2D eigenvalue weighted by atomic mass is 10.2. The summed E-state index contributed by atoms with van der Waals surface area (Å²) in [6.07, 6.45) is 1.71. The first-order valence-electron chi connectivity index (χ1n) is 9.79. The number of non-ortho nitro benzene ring substituents is 1. The highest BCUT2D eigenvalue weighted by Crippen LogP contribution is 2.35. The molecule has 10 heteroatoms. The lowest BCUT2D eigenvalue weighted by Gasteiger charge is -2.12. The number of rotatable bonds is 5. The fraction of sp³-hybridized carbons (Fsp3) is 0.130. The van der Waals surface area contributed by atoms with Gasteiger partial charge in [-0.05, 0) is 83.0 Å². The molecule has 0 N–H and O–H groups in total. The number of nitro benzene ring substituents is 1. The number of benzene rings is 2. The maximum atomic E-state index is 13.0. The molecular weight excluding hydrogens is 530 g/mol. The van der Waals surface area contributed by atoms with E-state index in [2.05, 4.69) is 15.9 Å². The van der Waals surface area contributed by atoms with E-state index in [1.807, 2.05) is 42.7 Å². The lowest BCUT2D eigenvalue weighted by molar-refractivity contribution is -0.384. The molecule has 1 saturated heterocycles. The van der Waals surface area contributed by atoms with Crippen molar-refractivity contribution >= 4 is 62.2 Å². The molecule has 7 nitrogen and oxygen atoms in total. The van der Waals surface area contributed by atoms with E-state index in [1.165, 1.54) is 18.2 Å². The van der Waals surface area contributed by atoms with Gasteiger partial charge in [0.2, 0.25) is 0 Å². The van der Waals surface area contributed by atoms with Crippen LogP contribution in [0, 0.1) is 24.0 Å². The van der Waals surface area contributed by atoms with E-state index in [0.717, 1.165) is 43.8 Å². The summed E-state index contributed by atoms with van der Waals surface area (Å²) in [6, 6.07) is 13.5. The van der Waals surface area contributed by atoms with Crippen LogP contribution in [0.3, 0.4) is 0 Å². The predicted octanol–water partition coefficient (Wildman–Crippen LogP) is 6.65. The van der Waals surface area contributed by atoms with E-state index in [4.69, 9.17) is 11.6 Å². The molecule has 4 rings (SSSR count). The van der Waals surface area contributed by atoms with Crippen LogP contribution in [-0.4, -0.2) is 25.5 Å². The number of aryl methyl sites for hydroxylation is 1. The molecule has 1 aliphatic rings. The fourth-order valence-corrected chi connectivity index (χ4v) is 4.93. The van der Waals surface area contributed by atoms with Gasteiger partial charge >= 0.3 is 0 Å². The number of nitro groups is 1. The molecular formula is C23H17BrClN3O4S. The zero-order valence-electron chi connectivity index (χ0n) is 17.5. The minimum Gasteiger partial charge on any atom is -0.318 e. The summed E-state index contributed by atoms with van der Waals surface area (Å²) in [4.78, 5) is 37.4. The number of imide groups is 1. The third-order valence-electron chi connectivity index (χ3n) is 5.25. The second-order valence-electron chi connectivity index (χ2n) is 7.46. The molecule has 2 heterocycles. The molecule has 2 amide bonds. The molecule has 0 aliphatic carbocycles. The van der Waals surface area contributed by atoms with Gasteiger partial charge in [0.15, 0.2) is 0 Å². The zero-order valence-corrected chi connectivity index (χ0v) is 20.7. The number of amides is 2. The van der Waals surface area contributed by atoms with Gasteiger partial charge in [0.1, 0.15) is 0 Å². The van der Waals surface area contributed by atoms with Gasteiger partial charge in [-0.1, -0.05) is 23.7 Å². The highest BCUT2D eigenvalue weighted by atomic mass is 79.9. The second-order valence-corrected chi connectivity index (χ2v) is 9.71. The zero-order chi connectivity index (χ0) is 23.9. The number of thioether (sulfide) groups is 1. The van der Waals surface area contributed by atoms with Crippen molar-refractivity contribution in [2.75, 3.05) is 0 Å². The molecule has 3 aromatic rings. The first-order chi connectivity index (χ1) is 15.7. The Morgan fingerprint density at radius 3 is 2.61 bits per heavy atom. The van der Waals surface area contributed by atoms with Crippen molar-refractivity contribution in [3.63, 3.8) is 0 Å². The minimum atomic E-state index is -0.508. The average molecular weight is 547 g/mol. The SMILES string of the molecule is Cc1cc(/C=C2\SC(=O)N(Cc3cccc([N+](=O)[O-])c3)C2=O)c(C)n1-c1ccc(Br)c(Cl)c1. The number of aromatic nitrogens is 1. The smallest absolute Gasteiger partial charge is 0.293 e. The van der Waals surface area contributed by atoms with Crippen LogP contribution in [0.15, 0.2) is 57.9 Å². The number of carbonyl (C=O) groups is 2. The van der Waals surface area contributed by atoms with Gasteiger partial charge in [0.25, 0.3) is 16.8 Å². The third-order valence-corrected chi connectivity index (χ3v) is 7.39. The van der Waals surface area contributed by atoms with Gasteiger partial charge in [-0.3, -0.25) is 24.6 Å². The summed E-state index contributed by atoms with van der Waals surface area (Å²) in [7, 11) is 0. The number of nitrogens with zero attached hydrogens (tertiary/aromatic N) is 3. The van der Waals surface area contributed by atoms with Crippen LogP contribution in [0.4, 0.5) is 10.5 Å². The van der Waals surface area contributed by atoms with Crippen molar-refractivity contribution in [3.8, 4) is 5.69 Å². The maximum Gasteiger partial charge on any atom is 0.293 e. The molecule has 2 aromatic carbocycles. The van der Waals surface area contributed by atoms with Crippen LogP contribution < -0.4 is 0 Å². The lowest BCUT2D eigenvalue weighted by Crippen LogP contribution is -2.27. The Morgan fingerprint density at radius 1 is 1.15 bits per heavy atom. The van der Waals surface area contributed by atoms with Gasteiger partial charge in [-0.25, -0.2) is 0 Å². The van der Waals surface area contributed by atoms with Gasteiger partial charge in [0.05, 0.1) is 21.4 Å². The molecule has 33 heavy (non-hydrogen) atoms. The van der Waals surface area contributed by atoms with Crippen LogP contribution in [0.2, 0.25) is 5.02 Å². The molecule has 0 unspecified atom stereocenters. The molecule has 0 atom stereocenters. The van der Waals surface area contributed by atoms with E-state index < -0.39 is 16.1 Å². The number of hydrogen-bond donors (Lipinski definition) is 0. The summed E-state index contributed by atoms with van der Waals surface area (Å²) in [5.74, 6) is -0.423. The van der Waals surface area contributed by atoms with Crippen LogP contribution in [-0.2, 0) is 11.3 Å². The summed E-state index contributed by atoms with van der Waals surface area (Å²) in [5.41, 5.74) is 3.97. The van der Waals surface area contributed by atoms with E-state index in [0.29, 0.717) is 15.5 Å². The molecule has 0 spiro atoms. The van der Waals surface area contributed by atoms with Gasteiger partial charge in [-0.15, -0.1) is 0 Å². The first-order valence-corrected chi connectivity index (χ1v) is 11.8. The highest BCUT2D eigenvalue weighted by Gasteiger charge is 2.35. The average Bonchev–Trinajstić information content (AvgIpc) is 3.19. The fourth-order valence-electron chi connectivity index (χ4n) is 3.68. The largest absolute Gasteiger partial charge is 0.318 e. The predicted molar refractivity (Wildman–Crippen MR) is 133 cm³/mol. The molecule has 0 radical (unpaired) electrons. The number of hydrogen-bond acceptors (Lipinski definition) is 5. The second kappa shape index (κ2) is 9.17. The molecule has 0 saturated carbocycles. The van der Waals surface area contributed by atoms with E-state index in [-0.39, 0.29) is 12.2 Å². The Hall–Kier alpha value is -2.88. The number of carbonyl (C=O) groups excluding carboxylic acids is 2. The van der Waals surface area contributed by atoms with Crippen LogP contribution >= 0.6 is 39.3 Å². The standard InChI is InChI=1S/C23H17BrClN3O4S/c1-13-8-16(14(2)27(13)17-6-7-19(24)20(25)11-17)10-21-22(29)26(23(30)33-21)12-15-4-3-5-18(9-15)28(31)32/h3-11H,12H2,1-2H3/b21-10-. The molecule has 1 aliphatic heterocycles. The summed E-state index contributed by atoms with van der Waals surface area (Å²) in [5, 5.41) is 11.2. The molecule has 1 aromatic heterocycles. The molecule has 1 fully saturated rings. The normalized spacial score (nSPS) is 15.0. The maximum absolute atomic E-state index is 13.0. The Labute approximate surface area is 207 Å². The monoisotopic (exact) mass is 545 g/mol. The van der Waals surface area contributed by atoms with E-state index in [9.17, 15) is 19.7 Å². The Balaban J connectivity index is 1.62. The van der Waals surface area contributed by atoms with Crippen molar-refractivity contribution in [3.05, 3.63) is 95.6 Å². The summed E-state index contributed by atoms with van der Waals surface area (Å²) < 4.78 is 2.82. The summed E-state index contributed by atoms with van der Waals surface area (Å²) in [6.45, 7) is 3.86. The van der Waals surface area contributed by atoms with Crippen LogP contribution in [0.1, 0.15) is 22.5 Å². The van der Waals surface area contributed by atoms with E-state index in [1.54, 1.807) is 12.1 Å². The van der Waals surface area contributed by atoms with Crippen molar-refractivity contribution < 1.29 is 14.5 Å². The van der Waals surface area contributed by atoms with E-state index >= 15 is 0 Å². The topological polar surface area (TPSA) is 85.5 Å². The molecule has 0 bridgehead atoms. The van der Waals surface area contributed by atoms with Gasteiger partial charge in [0, 0.05) is 33.7 Å². The van der Waals surface area contributed by atoms with Crippen LogP contribution in [0.5, 0.6) is 0 Å². The van der Waals surface area contributed by atoms with Crippen molar-refractivity contribution in [2.45, 2.75) is 20.4 Å². The summed E-state index contributed by atoms with van der Waals surface area (Å²) >= 11 is 10.5. The molecule has 168 valence electrons. The first kappa shape index (κ1) is 23.3. The van der Waals surface area contributed by atoms with Crippen molar-refractivity contribution in [2.24, 2.45) is 0 Å². The third kappa shape index (κ3) is 4.62. The Bertz CT molecular complexity index is 1350.